The Balaban J connectivity index is 0.678. The zero-order chi connectivity index (χ0) is 53.8. The van der Waals surface area contributed by atoms with E-state index in [0.29, 0.717) is 51.6 Å². The normalized spacial score (nSPS) is 56.5. The van der Waals surface area contributed by atoms with E-state index in [9.17, 15) is 25.5 Å². The second kappa shape index (κ2) is 22.2. The predicted octanol–water partition coefficient (Wildman–Crippen LogP) is 4.00. The molecule has 18 nitrogen and oxygen atoms in total. The summed E-state index contributed by atoms with van der Waals surface area (Å²) in [6.07, 6.45) is 13.4. The first-order valence-corrected chi connectivity index (χ1v) is 29.9. The first-order chi connectivity index (χ1) is 37.6. The number of rotatable bonds is 3. The minimum absolute atomic E-state index is 0.0912. The summed E-state index contributed by atoms with van der Waals surface area (Å²) in [6, 6.07) is 0. The van der Waals surface area contributed by atoms with Crippen LogP contribution in [-0.2, 0) is 61.6 Å². The van der Waals surface area contributed by atoms with E-state index in [0.717, 1.165) is 25.7 Å². The van der Waals surface area contributed by atoms with Crippen LogP contribution in [0.15, 0.2) is 60.8 Å². The van der Waals surface area contributed by atoms with Crippen molar-refractivity contribution in [3.63, 3.8) is 0 Å². The van der Waals surface area contributed by atoms with Crippen LogP contribution >= 0.6 is 0 Å². The molecule has 0 aromatic carbocycles. The van der Waals surface area contributed by atoms with Crippen LogP contribution in [0.3, 0.4) is 0 Å². The second-order valence-electron chi connectivity index (χ2n) is 25.6. The zero-order valence-corrected chi connectivity index (χ0v) is 45.8. The third kappa shape index (κ3) is 10.2. The Morgan fingerprint density at radius 3 is 1.94 bits per heavy atom. The molecule has 1 spiro atoms. The molecule has 18 heteroatoms. The van der Waals surface area contributed by atoms with Gasteiger partial charge in [0.1, 0.15) is 54.4 Å². The lowest BCUT2D eigenvalue weighted by Gasteiger charge is -2.53. The van der Waals surface area contributed by atoms with Crippen molar-refractivity contribution in [3.8, 4) is 0 Å². The Hall–Kier alpha value is -2.02. The molecule has 434 valence electrons. The number of hydrogen-bond donors (Lipinski definition) is 5. The highest BCUT2D eigenvalue weighted by Crippen LogP contribution is 2.52. The third-order valence-corrected chi connectivity index (χ3v) is 20.6. The highest BCUT2D eigenvalue weighted by Gasteiger charge is 2.62. The standard InChI is InChI=1S/C60H86O18/c1-29-22-42-44(25-48-54(75-42)31(3)52(64)58-55(76-48)30(2)32(4)60(78-58)20-9-21-66-60)72-46-27-51-59(5,77-47(46)23-29)50(63)26-45-36(73-51)12-7-6-11-35-37(70-45)16-17-39-38(68-35)18-19-40-43(69-39)24-49-57(74-40)53(65)56-41(71-49)13-8-10-34(67-56)15-14-33(62)28-61/h6-8,10,14-19,29-58,61-65H,9,11-13,20-28H2,1-5H3/b7-6-,15-14?/t29-,30+,31+,32+,33+,34-,35-,36+,37+,38+,39-,40-,41+,42+,43+,44-,45-,46+,47-,48+,49-,50-,51-,52+,53+,54-,55-,56+,57-,58+,59+,60-/m1/s1. The first-order valence-electron chi connectivity index (χ1n) is 29.9. The molecule has 5 N–H and O–H groups in total. The number of ether oxygens (including phenoxy) is 13. The van der Waals surface area contributed by atoms with Crippen molar-refractivity contribution in [2.75, 3.05) is 13.2 Å². The maximum Gasteiger partial charge on any atom is 0.171 e. The van der Waals surface area contributed by atoms with Gasteiger partial charge < -0.3 is 87.1 Å². The van der Waals surface area contributed by atoms with Gasteiger partial charge in [0.25, 0.3) is 0 Å². The molecular formula is C60H86O18. The fraction of sp³-hybridized carbons (Fsp3) is 0.833. The van der Waals surface area contributed by atoms with E-state index in [1.165, 1.54) is 6.08 Å². The van der Waals surface area contributed by atoms with E-state index in [1.807, 2.05) is 43.4 Å². The summed E-state index contributed by atoms with van der Waals surface area (Å²) in [5, 5.41) is 55.4. The van der Waals surface area contributed by atoms with Gasteiger partial charge in [0.05, 0.1) is 123 Å². The molecule has 13 rings (SSSR count). The molecule has 9 fully saturated rings. The highest BCUT2D eigenvalue weighted by atomic mass is 16.7. The van der Waals surface area contributed by atoms with Gasteiger partial charge in [0, 0.05) is 43.9 Å². The molecular weight excluding hydrogens is 1010 g/mol. The summed E-state index contributed by atoms with van der Waals surface area (Å²) in [6.45, 7) is 11.0. The lowest BCUT2D eigenvalue weighted by atomic mass is 9.76. The SMILES string of the molecule is C[C@@H]1C[C@@H]2O[C@@H]3[C@@H](C)[C@H](O)[C@@H]4O[C@]5(CCCO5)[C@@H](C)[C@H](C)[C@H]4O[C@H]3C[C@H]2O[C@H]2C[C@H]3O[C@H]4C/C=C\C[C@H]5O[C@H]6C=C[C@H]7O[C@H]8[C@@H](O)[C@H]9O[C@@H](C=C[C@H](O)CO)C=CC[C@@H]9O[C@@H]8C[C@@H]7O[C@@H]6C=C[C@@H]5O[C@@H]4C[C@@H](O)[C@]3(C)O[C@@H]2C1. The Bertz CT molecular complexity index is 2250. The molecule has 32 atom stereocenters. The van der Waals surface area contributed by atoms with E-state index >= 15 is 0 Å². The van der Waals surface area contributed by atoms with E-state index in [4.69, 9.17) is 61.6 Å². The van der Waals surface area contributed by atoms with Crippen LogP contribution in [0.5, 0.6) is 0 Å². The van der Waals surface area contributed by atoms with E-state index in [-0.39, 0.29) is 84.7 Å². The number of hydrogen-bond acceptors (Lipinski definition) is 18. The van der Waals surface area contributed by atoms with Crippen LogP contribution in [0.2, 0.25) is 0 Å². The minimum atomic E-state index is -1.02. The molecule has 0 amide bonds. The van der Waals surface area contributed by atoms with Gasteiger partial charge in [-0.1, -0.05) is 88.5 Å². The lowest BCUT2D eigenvalue weighted by Crippen LogP contribution is -2.63. The van der Waals surface area contributed by atoms with E-state index < -0.39 is 116 Å². The van der Waals surface area contributed by atoms with E-state index in [1.54, 1.807) is 6.08 Å². The van der Waals surface area contributed by atoms with Crippen molar-refractivity contribution >= 4 is 0 Å². The summed E-state index contributed by atoms with van der Waals surface area (Å²) < 4.78 is 89.3. The molecule has 13 heterocycles. The van der Waals surface area contributed by atoms with Gasteiger partial charge in [-0.15, -0.1) is 0 Å². The van der Waals surface area contributed by atoms with Crippen LogP contribution in [0.1, 0.15) is 105 Å². The van der Waals surface area contributed by atoms with Gasteiger partial charge in [-0.05, 0) is 57.3 Å². The molecule has 0 saturated carbocycles. The molecule has 0 unspecified atom stereocenters. The first kappa shape index (κ1) is 55.2. The molecule has 0 aromatic heterocycles. The van der Waals surface area contributed by atoms with Crippen LogP contribution in [0, 0.1) is 23.7 Å². The van der Waals surface area contributed by atoms with Crippen LogP contribution in [0.4, 0.5) is 0 Å². The molecule has 0 aromatic rings. The van der Waals surface area contributed by atoms with E-state index in [2.05, 4.69) is 39.8 Å². The summed E-state index contributed by atoms with van der Waals surface area (Å²) >= 11 is 0. The van der Waals surface area contributed by atoms with Crippen molar-refractivity contribution in [1.29, 1.82) is 0 Å². The van der Waals surface area contributed by atoms with Crippen molar-refractivity contribution in [2.45, 2.75) is 275 Å². The van der Waals surface area contributed by atoms with Crippen LogP contribution in [0.25, 0.3) is 0 Å². The highest BCUT2D eigenvalue weighted by molar-refractivity contribution is 5.18. The topological polar surface area (TPSA) is 221 Å². The average Bonchev–Trinajstić information content (AvgIpc) is 3.66. The fourth-order valence-corrected chi connectivity index (χ4v) is 15.9. The Morgan fingerprint density at radius 1 is 0.526 bits per heavy atom. The molecule has 13 aliphatic heterocycles. The Labute approximate surface area is 458 Å². The van der Waals surface area contributed by atoms with Gasteiger partial charge in [-0.3, -0.25) is 0 Å². The van der Waals surface area contributed by atoms with Gasteiger partial charge in [0.15, 0.2) is 5.79 Å². The molecule has 0 aliphatic carbocycles. The van der Waals surface area contributed by atoms with Crippen molar-refractivity contribution in [3.05, 3.63) is 60.8 Å². The summed E-state index contributed by atoms with van der Waals surface area (Å²) in [5.74, 6) is -0.520. The number of aliphatic hydroxyl groups excluding tert-OH is 5. The largest absolute Gasteiger partial charge is 0.393 e. The minimum Gasteiger partial charge on any atom is -0.393 e. The molecule has 0 bridgehead atoms. The molecule has 9 saturated heterocycles. The third-order valence-electron chi connectivity index (χ3n) is 20.6. The maximum atomic E-state index is 12.4. The van der Waals surface area contributed by atoms with Crippen molar-refractivity contribution < 1.29 is 87.1 Å². The molecule has 13 aliphatic rings. The molecule has 78 heavy (non-hydrogen) atoms. The fourth-order valence-electron chi connectivity index (χ4n) is 15.9. The Kier molecular flexibility index (Phi) is 15.7. The van der Waals surface area contributed by atoms with Gasteiger partial charge in [0.2, 0.25) is 0 Å². The summed E-state index contributed by atoms with van der Waals surface area (Å²) in [7, 11) is 0. The summed E-state index contributed by atoms with van der Waals surface area (Å²) in [5.41, 5.74) is -1.02. The smallest absolute Gasteiger partial charge is 0.171 e. The van der Waals surface area contributed by atoms with Crippen LogP contribution < -0.4 is 0 Å². The van der Waals surface area contributed by atoms with Crippen molar-refractivity contribution in [1.82, 2.24) is 0 Å². The predicted molar refractivity (Wildman–Crippen MR) is 278 cm³/mol. The number of fused-ring (bicyclic) bond motifs is 11. The van der Waals surface area contributed by atoms with Crippen LogP contribution in [-0.4, -0.2) is 209 Å². The van der Waals surface area contributed by atoms with Gasteiger partial charge in [-0.2, -0.15) is 0 Å². The van der Waals surface area contributed by atoms with Gasteiger partial charge in [-0.25, -0.2) is 0 Å². The van der Waals surface area contributed by atoms with Gasteiger partial charge >= 0.3 is 0 Å². The number of aliphatic hydroxyl groups is 5. The quantitative estimate of drug-likeness (QED) is 0.252. The summed E-state index contributed by atoms with van der Waals surface area (Å²) in [4.78, 5) is 0. The monoisotopic (exact) mass is 1090 g/mol. The molecule has 0 radical (unpaired) electrons. The Morgan fingerprint density at radius 2 is 1.15 bits per heavy atom. The lowest BCUT2D eigenvalue weighted by molar-refractivity contribution is -0.339. The average molecular weight is 1100 g/mol. The zero-order valence-electron chi connectivity index (χ0n) is 45.8. The van der Waals surface area contributed by atoms with Crippen molar-refractivity contribution in [2.24, 2.45) is 23.7 Å². The second-order valence-corrected chi connectivity index (χ2v) is 25.6. The maximum absolute atomic E-state index is 12.4.